The fraction of sp³-hybridized carbons (Fsp3) is 0.300. The molecule has 1 heterocycles. The lowest BCUT2D eigenvalue weighted by Gasteiger charge is -2.34. The minimum atomic E-state index is 0.0321. The topological polar surface area (TPSA) is 56.6 Å². The molecule has 5 nitrogen and oxygen atoms in total. The average Bonchev–Trinajstić information content (AvgIpc) is 2.69. The summed E-state index contributed by atoms with van der Waals surface area (Å²) in [4.78, 5) is 16.7. The van der Waals surface area contributed by atoms with E-state index in [1.807, 2.05) is 35.2 Å². The lowest BCUT2D eigenvalue weighted by atomic mass is 10.1. The zero-order valence-electron chi connectivity index (χ0n) is 14.1. The Kier molecular flexibility index (Phi) is 5.65. The van der Waals surface area contributed by atoms with Gasteiger partial charge in [0.25, 0.3) is 5.91 Å². The van der Waals surface area contributed by atoms with Crippen LogP contribution in [0.5, 0.6) is 5.75 Å². The molecule has 25 heavy (non-hydrogen) atoms. The third-order valence-corrected chi connectivity index (χ3v) is 4.34. The number of piperazine rings is 1. The van der Waals surface area contributed by atoms with Crippen LogP contribution in [0.1, 0.15) is 15.9 Å². The second kappa shape index (κ2) is 8.32. The molecule has 1 aliphatic rings. The van der Waals surface area contributed by atoms with Crippen LogP contribution in [0.2, 0.25) is 0 Å². The van der Waals surface area contributed by atoms with E-state index in [1.165, 1.54) is 0 Å². The van der Waals surface area contributed by atoms with E-state index in [-0.39, 0.29) is 5.91 Å². The molecule has 2 aromatic carbocycles. The van der Waals surface area contributed by atoms with Crippen LogP contribution in [0.25, 0.3) is 0 Å². The summed E-state index contributed by atoms with van der Waals surface area (Å²) in [6, 6.07) is 18.7. The summed E-state index contributed by atoms with van der Waals surface area (Å²) >= 11 is 0. The van der Waals surface area contributed by atoms with E-state index in [4.69, 9.17) is 10.00 Å². The Morgan fingerprint density at radius 3 is 2.32 bits per heavy atom. The molecule has 0 atom stereocenters. The van der Waals surface area contributed by atoms with Crippen LogP contribution >= 0.6 is 0 Å². The minimum Gasteiger partial charge on any atom is -0.492 e. The normalized spacial score (nSPS) is 14.8. The van der Waals surface area contributed by atoms with Crippen LogP contribution in [-0.4, -0.2) is 55.0 Å². The Bertz CT molecular complexity index is 730. The molecule has 128 valence electrons. The lowest BCUT2D eigenvalue weighted by molar-refractivity contribution is 0.0620. The van der Waals surface area contributed by atoms with Gasteiger partial charge in [-0.2, -0.15) is 5.26 Å². The number of para-hydroxylation sites is 1. The number of hydrogen-bond acceptors (Lipinski definition) is 4. The number of carbonyl (C=O) groups excluding carboxylic acids is 1. The Labute approximate surface area is 148 Å². The van der Waals surface area contributed by atoms with Crippen LogP contribution in [-0.2, 0) is 0 Å². The van der Waals surface area contributed by atoms with Crippen molar-refractivity contribution in [3.8, 4) is 11.8 Å². The molecule has 1 aliphatic heterocycles. The molecule has 5 heteroatoms. The van der Waals surface area contributed by atoms with Gasteiger partial charge in [0, 0.05) is 38.3 Å². The van der Waals surface area contributed by atoms with E-state index < -0.39 is 0 Å². The van der Waals surface area contributed by atoms with Gasteiger partial charge in [-0.15, -0.1) is 0 Å². The molecule has 3 rings (SSSR count). The predicted octanol–water partition coefficient (Wildman–Crippen LogP) is 2.40. The van der Waals surface area contributed by atoms with Gasteiger partial charge in [-0.1, -0.05) is 18.2 Å². The van der Waals surface area contributed by atoms with Crippen molar-refractivity contribution < 1.29 is 9.53 Å². The number of nitrogens with zero attached hydrogens (tertiary/aromatic N) is 3. The first-order valence-electron chi connectivity index (χ1n) is 8.46. The molecule has 1 fully saturated rings. The zero-order valence-corrected chi connectivity index (χ0v) is 14.1. The number of nitriles is 1. The monoisotopic (exact) mass is 335 g/mol. The van der Waals surface area contributed by atoms with Crippen molar-refractivity contribution in [1.29, 1.82) is 5.26 Å². The van der Waals surface area contributed by atoms with Crippen LogP contribution in [0.3, 0.4) is 0 Å². The Hall–Kier alpha value is -2.84. The summed E-state index contributed by atoms with van der Waals surface area (Å²) in [5.41, 5.74) is 1.21. The highest BCUT2D eigenvalue weighted by Crippen LogP contribution is 2.11. The molecule has 0 radical (unpaired) electrons. The largest absolute Gasteiger partial charge is 0.492 e. The maximum absolute atomic E-state index is 12.5. The maximum atomic E-state index is 12.5. The van der Waals surface area contributed by atoms with Gasteiger partial charge in [-0.05, 0) is 36.4 Å². The smallest absolute Gasteiger partial charge is 0.253 e. The van der Waals surface area contributed by atoms with Crippen LogP contribution < -0.4 is 4.74 Å². The van der Waals surface area contributed by atoms with Gasteiger partial charge in [0.1, 0.15) is 12.4 Å². The molecule has 2 aromatic rings. The number of carbonyl (C=O) groups is 1. The Balaban J connectivity index is 1.43. The van der Waals surface area contributed by atoms with Gasteiger partial charge in [-0.3, -0.25) is 9.69 Å². The SMILES string of the molecule is N#Cc1ccc(C(=O)N2CCN(CCOc3ccccc3)CC2)cc1. The van der Waals surface area contributed by atoms with Gasteiger partial charge in [0.2, 0.25) is 0 Å². The molecule has 0 aromatic heterocycles. The first-order valence-corrected chi connectivity index (χ1v) is 8.46. The highest BCUT2D eigenvalue weighted by molar-refractivity contribution is 5.94. The molecule has 1 amide bonds. The molecule has 1 saturated heterocycles. The van der Waals surface area contributed by atoms with Crippen molar-refractivity contribution in [2.24, 2.45) is 0 Å². The fourth-order valence-electron chi connectivity index (χ4n) is 2.85. The van der Waals surface area contributed by atoms with Crippen LogP contribution in [0, 0.1) is 11.3 Å². The van der Waals surface area contributed by atoms with E-state index in [0.29, 0.717) is 30.8 Å². The molecule has 0 saturated carbocycles. The zero-order chi connectivity index (χ0) is 17.5. The molecular formula is C20H21N3O2. The Morgan fingerprint density at radius 1 is 1.00 bits per heavy atom. The summed E-state index contributed by atoms with van der Waals surface area (Å²) in [7, 11) is 0. The van der Waals surface area contributed by atoms with Crippen molar-refractivity contribution in [2.75, 3.05) is 39.3 Å². The molecule has 0 aliphatic carbocycles. The number of rotatable bonds is 5. The highest BCUT2D eigenvalue weighted by atomic mass is 16.5. The third-order valence-electron chi connectivity index (χ3n) is 4.34. The molecule has 0 N–H and O–H groups in total. The summed E-state index contributed by atoms with van der Waals surface area (Å²) in [6.07, 6.45) is 0. The molecule has 0 spiro atoms. The fourth-order valence-corrected chi connectivity index (χ4v) is 2.85. The van der Waals surface area contributed by atoms with Crippen LogP contribution in [0.4, 0.5) is 0 Å². The summed E-state index contributed by atoms with van der Waals surface area (Å²) in [5, 5.41) is 8.83. The van der Waals surface area contributed by atoms with E-state index in [0.717, 1.165) is 25.4 Å². The highest BCUT2D eigenvalue weighted by Gasteiger charge is 2.21. The van der Waals surface area contributed by atoms with E-state index in [1.54, 1.807) is 24.3 Å². The molecule has 0 bridgehead atoms. The van der Waals surface area contributed by atoms with Crippen molar-refractivity contribution in [2.45, 2.75) is 0 Å². The number of benzene rings is 2. The van der Waals surface area contributed by atoms with Gasteiger partial charge < -0.3 is 9.64 Å². The van der Waals surface area contributed by atoms with Crippen molar-refractivity contribution >= 4 is 5.91 Å². The number of amides is 1. The van der Waals surface area contributed by atoms with Gasteiger partial charge in [-0.25, -0.2) is 0 Å². The average molecular weight is 335 g/mol. The molecular weight excluding hydrogens is 314 g/mol. The third kappa shape index (κ3) is 4.59. The standard InChI is InChI=1S/C20H21N3O2/c21-16-17-6-8-18(9-7-17)20(24)23-12-10-22(11-13-23)14-15-25-19-4-2-1-3-5-19/h1-9H,10-15H2. The van der Waals surface area contributed by atoms with Crippen molar-refractivity contribution in [1.82, 2.24) is 9.80 Å². The second-order valence-corrected chi connectivity index (χ2v) is 5.98. The van der Waals surface area contributed by atoms with Crippen molar-refractivity contribution in [3.63, 3.8) is 0 Å². The minimum absolute atomic E-state index is 0.0321. The quantitative estimate of drug-likeness (QED) is 0.842. The van der Waals surface area contributed by atoms with E-state index in [9.17, 15) is 4.79 Å². The lowest BCUT2D eigenvalue weighted by Crippen LogP contribution is -2.49. The van der Waals surface area contributed by atoms with Gasteiger partial charge >= 0.3 is 0 Å². The van der Waals surface area contributed by atoms with E-state index >= 15 is 0 Å². The predicted molar refractivity (Wildman–Crippen MR) is 95.4 cm³/mol. The van der Waals surface area contributed by atoms with Crippen LogP contribution in [0.15, 0.2) is 54.6 Å². The van der Waals surface area contributed by atoms with Gasteiger partial charge in [0.05, 0.1) is 11.6 Å². The summed E-state index contributed by atoms with van der Waals surface area (Å²) in [6.45, 7) is 4.62. The van der Waals surface area contributed by atoms with E-state index in [2.05, 4.69) is 11.0 Å². The van der Waals surface area contributed by atoms with Crippen molar-refractivity contribution in [3.05, 3.63) is 65.7 Å². The maximum Gasteiger partial charge on any atom is 0.253 e. The number of ether oxygens (including phenoxy) is 1. The first-order chi connectivity index (χ1) is 12.3. The summed E-state index contributed by atoms with van der Waals surface area (Å²) in [5.74, 6) is 0.918. The molecule has 0 unspecified atom stereocenters. The Morgan fingerprint density at radius 2 is 1.68 bits per heavy atom. The second-order valence-electron chi connectivity index (χ2n) is 5.98. The van der Waals surface area contributed by atoms with Gasteiger partial charge in [0.15, 0.2) is 0 Å². The summed E-state index contributed by atoms with van der Waals surface area (Å²) < 4.78 is 5.73. The number of hydrogen-bond donors (Lipinski definition) is 0. The first kappa shape index (κ1) is 17.0.